The lowest BCUT2D eigenvalue weighted by atomic mass is 9.94. The standard InChI is InChI=1S/C13H20N2O3S/c1-2-3-11-6-8-15(9-7-11)19(17,18)12-4-5-13(16)14-10-12/h4-5,10-11H,2-3,6-9H2,1H3,(H,14,16). The van der Waals surface area contributed by atoms with E-state index in [4.69, 9.17) is 0 Å². The van der Waals surface area contributed by atoms with E-state index in [1.54, 1.807) is 0 Å². The molecular weight excluding hydrogens is 264 g/mol. The van der Waals surface area contributed by atoms with Crippen LogP contribution in [-0.2, 0) is 10.0 Å². The highest BCUT2D eigenvalue weighted by molar-refractivity contribution is 7.89. The van der Waals surface area contributed by atoms with Crippen LogP contribution in [0.1, 0.15) is 32.6 Å². The number of H-pyrrole nitrogens is 1. The van der Waals surface area contributed by atoms with E-state index >= 15 is 0 Å². The number of aromatic amines is 1. The number of nitrogens with one attached hydrogen (secondary N) is 1. The molecule has 0 atom stereocenters. The van der Waals surface area contributed by atoms with Gasteiger partial charge in [-0.25, -0.2) is 8.42 Å². The molecule has 0 saturated carbocycles. The van der Waals surface area contributed by atoms with E-state index in [1.807, 2.05) is 0 Å². The molecule has 0 spiro atoms. The van der Waals surface area contributed by atoms with Crippen molar-refractivity contribution in [2.45, 2.75) is 37.5 Å². The number of aromatic nitrogens is 1. The first-order valence-corrected chi connectivity index (χ1v) is 8.17. The Morgan fingerprint density at radius 2 is 2.00 bits per heavy atom. The molecule has 2 heterocycles. The summed E-state index contributed by atoms with van der Waals surface area (Å²) in [7, 11) is -3.45. The van der Waals surface area contributed by atoms with Gasteiger partial charge in [0.25, 0.3) is 0 Å². The minimum absolute atomic E-state index is 0.168. The molecule has 0 unspecified atom stereocenters. The van der Waals surface area contributed by atoms with Crippen LogP contribution < -0.4 is 5.56 Å². The zero-order valence-electron chi connectivity index (χ0n) is 11.1. The maximum atomic E-state index is 12.4. The summed E-state index contributed by atoms with van der Waals surface area (Å²) in [6.45, 7) is 3.31. The summed E-state index contributed by atoms with van der Waals surface area (Å²) in [5, 5.41) is 0. The highest BCUT2D eigenvalue weighted by Crippen LogP contribution is 2.25. The van der Waals surface area contributed by atoms with E-state index in [0.717, 1.165) is 19.3 Å². The maximum Gasteiger partial charge on any atom is 0.247 e. The molecule has 1 saturated heterocycles. The van der Waals surface area contributed by atoms with Crippen molar-refractivity contribution in [3.05, 3.63) is 28.7 Å². The second kappa shape index (κ2) is 5.88. The van der Waals surface area contributed by atoms with Crippen molar-refractivity contribution in [1.29, 1.82) is 0 Å². The number of rotatable bonds is 4. The summed E-state index contributed by atoms with van der Waals surface area (Å²) in [6, 6.07) is 2.61. The van der Waals surface area contributed by atoms with Crippen molar-refractivity contribution in [2.75, 3.05) is 13.1 Å². The molecule has 1 aromatic rings. The predicted octanol–water partition coefficient (Wildman–Crippen LogP) is 1.58. The summed E-state index contributed by atoms with van der Waals surface area (Å²) >= 11 is 0. The van der Waals surface area contributed by atoms with Gasteiger partial charge in [-0.15, -0.1) is 0 Å². The molecule has 6 heteroatoms. The Hall–Kier alpha value is -1.14. The van der Waals surface area contributed by atoms with E-state index in [1.165, 1.54) is 29.1 Å². The first kappa shape index (κ1) is 14.3. The van der Waals surface area contributed by atoms with Gasteiger partial charge in [-0.3, -0.25) is 4.79 Å². The van der Waals surface area contributed by atoms with Gasteiger partial charge < -0.3 is 4.98 Å². The van der Waals surface area contributed by atoms with Crippen LogP contribution in [0.2, 0.25) is 0 Å². The lowest BCUT2D eigenvalue weighted by molar-refractivity contribution is 0.262. The summed E-state index contributed by atoms with van der Waals surface area (Å²) < 4.78 is 26.3. The molecule has 0 radical (unpaired) electrons. The van der Waals surface area contributed by atoms with Gasteiger partial charge in [0.05, 0.1) is 4.90 Å². The lowest BCUT2D eigenvalue weighted by Gasteiger charge is -2.31. The van der Waals surface area contributed by atoms with E-state index in [0.29, 0.717) is 19.0 Å². The highest BCUT2D eigenvalue weighted by Gasteiger charge is 2.29. The molecule has 1 fully saturated rings. The van der Waals surface area contributed by atoms with Crippen LogP contribution in [0.15, 0.2) is 28.0 Å². The van der Waals surface area contributed by atoms with Crippen molar-refractivity contribution >= 4 is 10.0 Å². The molecule has 19 heavy (non-hydrogen) atoms. The third-order valence-corrected chi connectivity index (χ3v) is 5.56. The Morgan fingerprint density at radius 3 is 2.53 bits per heavy atom. The molecule has 1 aliphatic heterocycles. The Morgan fingerprint density at radius 1 is 1.32 bits per heavy atom. The van der Waals surface area contributed by atoms with Crippen LogP contribution in [0.5, 0.6) is 0 Å². The fourth-order valence-electron chi connectivity index (χ4n) is 2.55. The smallest absolute Gasteiger partial charge is 0.247 e. The van der Waals surface area contributed by atoms with Gasteiger partial charge in [0.2, 0.25) is 15.6 Å². The van der Waals surface area contributed by atoms with Gasteiger partial charge in [0.15, 0.2) is 0 Å². The molecule has 2 rings (SSSR count). The highest BCUT2D eigenvalue weighted by atomic mass is 32.2. The number of sulfonamides is 1. The Kier molecular flexibility index (Phi) is 4.42. The molecule has 106 valence electrons. The molecule has 0 bridgehead atoms. The topological polar surface area (TPSA) is 70.2 Å². The minimum atomic E-state index is -3.45. The monoisotopic (exact) mass is 284 g/mol. The SMILES string of the molecule is CCCC1CCN(S(=O)(=O)c2ccc(=O)[nH]c2)CC1. The molecule has 0 aromatic carbocycles. The Labute approximate surface area is 113 Å². The third-order valence-electron chi connectivity index (χ3n) is 3.66. The zero-order chi connectivity index (χ0) is 13.9. The van der Waals surface area contributed by atoms with E-state index in [-0.39, 0.29) is 10.5 Å². The molecule has 1 aromatic heterocycles. The number of hydrogen-bond donors (Lipinski definition) is 1. The molecule has 5 nitrogen and oxygen atoms in total. The Bertz CT molecular complexity index is 551. The van der Waals surface area contributed by atoms with E-state index in [9.17, 15) is 13.2 Å². The second-order valence-electron chi connectivity index (χ2n) is 5.02. The van der Waals surface area contributed by atoms with Crippen molar-refractivity contribution in [1.82, 2.24) is 9.29 Å². The van der Waals surface area contributed by atoms with Crippen LogP contribution in [-0.4, -0.2) is 30.8 Å². The fourth-order valence-corrected chi connectivity index (χ4v) is 3.99. The van der Waals surface area contributed by atoms with Gasteiger partial charge in [-0.1, -0.05) is 19.8 Å². The van der Waals surface area contributed by atoms with Crippen LogP contribution >= 0.6 is 0 Å². The quantitative estimate of drug-likeness (QED) is 0.912. The average molecular weight is 284 g/mol. The van der Waals surface area contributed by atoms with Crippen molar-refractivity contribution < 1.29 is 8.42 Å². The third kappa shape index (κ3) is 3.25. The predicted molar refractivity (Wildman–Crippen MR) is 73.5 cm³/mol. The largest absolute Gasteiger partial charge is 0.328 e. The van der Waals surface area contributed by atoms with Gasteiger partial charge >= 0.3 is 0 Å². The number of nitrogens with zero attached hydrogens (tertiary/aromatic N) is 1. The summed E-state index contributed by atoms with van der Waals surface area (Å²) in [5.74, 6) is 0.645. The minimum Gasteiger partial charge on any atom is -0.328 e. The van der Waals surface area contributed by atoms with Gasteiger partial charge in [-0.05, 0) is 24.8 Å². The first-order valence-electron chi connectivity index (χ1n) is 6.73. The van der Waals surface area contributed by atoms with E-state index < -0.39 is 10.0 Å². The van der Waals surface area contributed by atoms with Crippen molar-refractivity contribution in [3.63, 3.8) is 0 Å². The number of piperidine rings is 1. The molecule has 1 aliphatic rings. The number of pyridine rings is 1. The van der Waals surface area contributed by atoms with Crippen LogP contribution in [0, 0.1) is 5.92 Å². The molecule has 0 aliphatic carbocycles. The van der Waals surface area contributed by atoms with Gasteiger partial charge in [-0.2, -0.15) is 4.31 Å². The van der Waals surface area contributed by atoms with Crippen LogP contribution in [0.3, 0.4) is 0 Å². The maximum absolute atomic E-state index is 12.4. The summed E-state index contributed by atoms with van der Waals surface area (Å²) in [6.07, 6.45) is 5.45. The normalized spacial score (nSPS) is 18.6. The Balaban J connectivity index is 2.09. The molecular formula is C13H20N2O3S. The van der Waals surface area contributed by atoms with Crippen LogP contribution in [0.4, 0.5) is 0 Å². The molecule has 1 N–H and O–H groups in total. The van der Waals surface area contributed by atoms with Crippen molar-refractivity contribution in [3.8, 4) is 0 Å². The number of hydrogen-bond acceptors (Lipinski definition) is 3. The zero-order valence-corrected chi connectivity index (χ0v) is 11.9. The van der Waals surface area contributed by atoms with Gasteiger partial charge in [0.1, 0.15) is 0 Å². The second-order valence-corrected chi connectivity index (χ2v) is 6.96. The fraction of sp³-hybridized carbons (Fsp3) is 0.615. The van der Waals surface area contributed by atoms with Gasteiger partial charge in [0, 0.05) is 25.4 Å². The summed E-state index contributed by atoms with van der Waals surface area (Å²) in [4.78, 5) is 13.6. The molecule has 0 amide bonds. The van der Waals surface area contributed by atoms with Crippen molar-refractivity contribution in [2.24, 2.45) is 5.92 Å². The lowest BCUT2D eigenvalue weighted by Crippen LogP contribution is -2.38. The average Bonchev–Trinajstić information content (AvgIpc) is 2.40. The van der Waals surface area contributed by atoms with Crippen LogP contribution in [0.25, 0.3) is 0 Å². The summed E-state index contributed by atoms with van der Waals surface area (Å²) in [5.41, 5.74) is -0.291. The first-order chi connectivity index (χ1) is 9.04. The van der Waals surface area contributed by atoms with E-state index in [2.05, 4.69) is 11.9 Å².